The van der Waals surface area contributed by atoms with Gasteiger partial charge in [-0.25, -0.2) is 0 Å². The quantitative estimate of drug-likeness (QED) is 0.760. The molecule has 2 N–H and O–H groups in total. The molecular formula is C13H21NO3. The van der Waals surface area contributed by atoms with Crippen LogP contribution in [0.4, 0.5) is 0 Å². The summed E-state index contributed by atoms with van der Waals surface area (Å²) < 4.78 is 10.8. The zero-order valence-corrected chi connectivity index (χ0v) is 10.1. The number of furan rings is 1. The highest BCUT2D eigenvalue weighted by molar-refractivity contribution is 4.97. The van der Waals surface area contributed by atoms with Crippen LogP contribution in [-0.2, 0) is 11.3 Å². The van der Waals surface area contributed by atoms with Crippen LogP contribution in [0.3, 0.4) is 0 Å². The van der Waals surface area contributed by atoms with Crippen molar-refractivity contribution >= 4 is 0 Å². The van der Waals surface area contributed by atoms with Crippen LogP contribution >= 0.6 is 0 Å². The van der Waals surface area contributed by atoms with E-state index in [4.69, 9.17) is 9.15 Å². The monoisotopic (exact) mass is 239 g/mol. The van der Waals surface area contributed by atoms with E-state index in [2.05, 4.69) is 5.32 Å². The van der Waals surface area contributed by atoms with Gasteiger partial charge in [-0.2, -0.15) is 0 Å². The Balaban J connectivity index is 1.52. The number of rotatable bonds is 7. The van der Waals surface area contributed by atoms with Gasteiger partial charge in [-0.15, -0.1) is 0 Å². The average Bonchev–Trinajstić information content (AvgIpc) is 2.99. The van der Waals surface area contributed by atoms with Crippen LogP contribution in [0.2, 0.25) is 0 Å². The molecule has 1 saturated carbocycles. The highest BCUT2D eigenvalue weighted by Crippen LogP contribution is 2.20. The van der Waals surface area contributed by atoms with Crippen molar-refractivity contribution in [2.75, 3.05) is 13.2 Å². The second-order valence-electron chi connectivity index (χ2n) is 4.60. The number of nitrogens with one attached hydrogen (secondary N) is 1. The lowest BCUT2D eigenvalue weighted by molar-refractivity contribution is -0.00560. The van der Waals surface area contributed by atoms with E-state index in [0.29, 0.717) is 25.8 Å². The van der Waals surface area contributed by atoms with E-state index >= 15 is 0 Å². The lowest BCUT2D eigenvalue weighted by Gasteiger charge is -2.15. The number of aliphatic hydroxyl groups excluding tert-OH is 1. The molecule has 0 amide bonds. The Morgan fingerprint density at radius 1 is 1.47 bits per heavy atom. The first-order valence-corrected chi connectivity index (χ1v) is 6.37. The summed E-state index contributed by atoms with van der Waals surface area (Å²) in [7, 11) is 0. The Hall–Kier alpha value is -0.840. The molecule has 0 bridgehead atoms. The molecule has 0 radical (unpaired) electrons. The fourth-order valence-electron chi connectivity index (χ4n) is 2.14. The molecule has 1 atom stereocenters. The maximum Gasteiger partial charge on any atom is 0.117 e. The molecule has 1 aliphatic rings. The standard InChI is InChI=1S/C13H21NO3/c15-11(10-17-12-4-1-2-5-12)8-14-9-13-6-3-7-16-13/h3,6-7,11-12,14-15H,1-2,4-5,8-10H2. The highest BCUT2D eigenvalue weighted by Gasteiger charge is 2.16. The van der Waals surface area contributed by atoms with Crippen molar-refractivity contribution in [1.29, 1.82) is 0 Å². The Morgan fingerprint density at radius 3 is 3.00 bits per heavy atom. The summed E-state index contributed by atoms with van der Waals surface area (Å²) in [6.07, 6.45) is 6.39. The Kier molecular flexibility index (Phi) is 5.04. The molecule has 1 aromatic heterocycles. The van der Waals surface area contributed by atoms with Crippen LogP contribution < -0.4 is 5.32 Å². The van der Waals surface area contributed by atoms with Crippen molar-refractivity contribution in [3.05, 3.63) is 24.2 Å². The fraction of sp³-hybridized carbons (Fsp3) is 0.692. The number of hydrogen-bond donors (Lipinski definition) is 2. The molecule has 96 valence electrons. The van der Waals surface area contributed by atoms with Crippen LogP contribution in [-0.4, -0.2) is 30.5 Å². The Labute approximate surface area is 102 Å². The molecule has 1 fully saturated rings. The van der Waals surface area contributed by atoms with E-state index in [1.165, 1.54) is 12.8 Å². The summed E-state index contributed by atoms with van der Waals surface area (Å²) in [5.74, 6) is 0.883. The predicted molar refractivity (Wildman–Crippen MR) is 64.6 cm³/mol. The molecule has 0 aromatic carbocycles. The van der Waals surface area contributed by atoms with E-state index in [-0.39, 0.29) is 0 Å². The molecule has 2 rings (SSSR count). The number of hydrogen-bond acceptors (Lipinski definition) is 4. The van der Waals surface area contributed by atoms with Crippen molar-refractivity contribution in [2.24, 2.45) is 0 Å². The first-order valence-electron chi connectivity index (χ1n) is 6.37. The predicted octanol–water partition coefficient (Wildman–Crippen LogP) is 1.69. The van der Waals surface area contributed by atoms with E-state index in [9.17, 15) is 5.11 Å². The van der Waals surface area contributed by atoms with Gasteiger partial charge in [-0.05, 0) is 25.0 Å². The minimum Gasteiger partial charge on any atom is -0.468 e. The van der Waals surface area contributed by atoms with E-state index in [0.717, 1.165) is 18.6 Å². The minimum absolute atomic E-state index is 0.370. The van der Waals surface area contributed by atoms with Gasteiger partial charge in [0.05, 0.1) is 31.6 Å². The average molecular weight is 239 g/mol. The van der Waals surface area contributed by atoms with Crippen molar-refractivity contribution in [3.63, 3.8) is 0 Å². The summed E-state index contributed by atoms with van der Waals surface area (Å²) in [4.78, 5) is 0. The molecule has 4 heteroatoms. The maximum atomic E-state index is 9.72. The Bertz CT molecular complexity index is 294. The smallest absolute Gasteiger partial charge is 0.117 e. The number of aliphatic hydroxyl groups is 1. The molecule has 0 aliphatic heterocycles. The van der Waals surface area contributed by atoms with Gasteiger partial charge in [0, 0.05) is 6.54 Å². The summed E-state index contributed by atoms with van der Waals surface area (Å²) in [5, 5.41) is 12.9. The van der Waals surface area contributed by atoms with Gasteiger partial charge in [0.25, 0.3) is 0 Å². The first kappa shape index (κ1) is 12.6. The second kappa shape index (κ2) is 6.79. The minimum atomic E-state index is -0.439. The lowest BCUT2D eigenvalue weighted by atomic mass is 10.3. The van der Waals surface area contributed by atoms with Crippen LogP contribution in [0.25, 0.3) is 0 Å². The van der Waals surface area contributed by atoms with Gasteiger partial charge in [0.2, 0.25) is 0 Å². The van der Waals surface area contributed by atoms with Crippen molar-refractivity contribution in [2.45, 2.75) is 44.4 Å². The summed E-state index contributed by atoms with van der Waals surface area (Å²) in [5.41, 5.74) is 0. The molecule has 1 aromatic rings. The molecule has 4 nitrogen and oxygen atoms in total. The van der Waals surface area contributed by atoms with Crippen LogP contribution in [0, 0.1) is 0 Å². The molecule has 17 heavy (non-hydrogen) atoms. The molecule has 0 spiro atoms. The summed E-state index contributed by atoms with van der Waals surface area (Å²) in [6.45, 7) is 1.61. The second-order valence-corrected chi connectivity index (χ2v) is 4.60. The topological polar surface area (TPSA) is 54.6 Å². The normalized spacial score (nSPS) is 18.6. The van der Waals surface area contributed by atoms with E-state index in [1.54, 1.807) is 6.26 Å². The maximum absolute atomic E-state index is 9.72. The summed E-state index contributed by atoms with van der Waals surface area (Å²) in [6, 6.07) is 3.77. The zero-order valence-electron chi connectivity index (χ0n) is 10.1. The zero-order chi connectivity index (χ0) is 11.9. The Morgan fingerprint density at radius 2 is 2.29 bits per heavy atom. The molecule has 1 heterocycles. The molecule has 1 aliphatic carbocycles. The third-order valence-electron chi connectivity index (χ3n) is 3.09. The third-order valence-corrected chi connectivity index (χ3v) is 3.09. The fourth-order valence-corrected chi connectivity index (χ4v) is 2.14. The van der Waals surface area contributed by atoms with Gasteiger partial charge in [0.15, 0.2) is 0 Å². The van der Waals surface area contributed by atoms with Gasteiger partial charge < -0.3 is 19.6 Å². The van der Waals surface area contributed by atoms with Crippen molar-refractivity contribution in [3.8, 4) is 0 Å². The lowest BCUT2D eigenvalue weighted by Crippen LogP contribution is -2.31. The first-order chi connectivity index (χ1) is 8.34. The van der Waals surface area contributed by atoms with Crippen molar-refractivity contribution in [1.82, 2.24) is 5.32 Å². The number of ether oxygens (including phenoxy) is 1. The van der Waals surface area contributed by atoms with Gasteiger partial charge in [-0.1, -0.05) is 12.8 Å². The van der Waals surface area contributed by atoms with Crippen molar-refractivity contribution < 1.29 is 14.3 Å². The van der Waals surface area contributed by atoms with E-state index in [1.807, 2.05) is 12.1 Å². The third kappa shape index (κ3) is 4.50. The van der Waals surface area contributed by atoms with Crippen LogP contribution in [0.1, 0.15) is 31.4 Å². The summed E-state index contributed by atoms with van der Waals surface area (Å²) >= 11 is 0. The van der Waals surface area contributed by atoms with Gasteiger partial charge in [-0.3, -0.25) is 0 Å². The molecule has 1 unspecified atom stereocenters. The van der Waals surface area contributed by atoms with Crippen LogP contribution in [0.5, 0.6) is 0 Å². The largest absolute Gasteiger partial charge is 0.468 e. The SMILES string of the molecule is OC(CNCc1ccco1)COC1CCCC1. The molecule has 0 saturated heterocycles. The highest BCUT2D eigenvalue weighted by atomic mass is 16.5. The van der Waals surface area contributed by atoms with E-state index < -0.39 is 6.10 Å². The van der Waals surface area contributed by atoms with Gasteiger partial charge >= 0.3 is 0 Å². The van der Waals surface area contributed by atoms with Crippen LogP contribution in [0.15, 0.2) is 22.8 Å². The van der Waals surface area contributed by atoms with Gasteiger partial charge in [0.1, 0.15) is 5.76 Å². The molecular weight excluding hydrogens is 218 g/mol.